The third-order valence-electron chi connectivity index (χ3n) is 2.88. The topological polar surface area (TPSA) is 75.4 Å². The highest BCUT2D eigenvalue weighted by atomic mass is 16.6. The molecule has 5 heteroatoms. The molecule has 1 fully saturated rings. The maximum atomic E-state index is 10.5. The minimum Gasteiger partial charge on any atom is -0.502 e. The number of hydrogen-bond donors (Lipinski definition) is 2. The Labute approximate surface area is 93.2 Å². The van der Waals surface area contributed by atoms with Crippen molar-refractivity contribution < 1.29 is 10.0 Å². The lowest BCUT2D eigenvalue weighted by Gasteiger charge is -2.09. The molecule has 1 aromatic carbocycles. The fourth-order valence-corrected chi connectivity index (χ4v) is 2.07. The van der Waals surface area contributed by atoms with Crippen molar-refractivity contribution in [2.75, 3.05) is 6.54 Å². The molecule has 0 amide bonds. The molecule has 1 unspecified atom stereocenters. The minimum atomic E-state index is -0.576. The Morgan fingerprint density at radius 1 is 1.56 bits per heavy atom. The van der Waals surface area contributed by atoms with E-state index in [1.165, 1.54) is 18.6 Å². The lowest BCUT2D eigenvalue weighted by Crippen LogP contribution is -2.23. The molecule has 1 aliphatic heterocycles. The van der Waals surface area contributed by atoms with E-state index in [1.807, 2.05) is 0 Å². The van der Waals surface area contributed by atoms with Crippen LogP contribution in [-0.4, -0.2) is 22.6 Å². The number of nitro benzene ring substituents is 1. The fourth-order valence-electron chi connectivity index (χ4n) is 2.07. The van der Waals surface area contributed by atoms with Gasteiger partial charge in [-0.2, -0.15) is 0 Å². The number of nitro groups is 1. The summed E-state index contributed by atoms with van der Waals surface area (Å²) in [4.78, 5) is 9.93. The molecule has 1 atom stereocenters. The number of phenols is 1. The number of aromatic hydroxyl groups is 1. The van der Waals surface area contributed by atoms with Gasteiger partial charge in [-0.05, 0) is 37.4 Å². The largest absolute Gasteiger partial charge is 0.502 e. The molecular formula is C11H14N2O3. The first-order chi connectivity index (χ1) is 7.66. The zero-order chi connectivity index (χ0) is 11.5. The van der Waals surface area contributed by atoms with Crippen molar-refractivity contribution in [2.24, 2.45) is 0 Å². The van der Waals surface area contributed by atoms with Crippen molar-refractivity contribution in [3.8, 4) is 5.75 Å². The Hall–Kier alpha value is -1.62. The smallest absolute Gasteiger partial charge is 0.310 e. The molecule has 0 aliphatic carbocycles. The number of nitrogens with zero attached hydrogens (tertiary/aromatic N) is 1. The van der Waals surface area contributed by atoms with Gasteiger partial charge in [0.1, 0.15) is 0 Å². The molecule has 0 aromatic heterocycles. The van der Waals surface area contributed by atoms with Crippen LogP contribution < -0.4 is 5.32 Å². The van der Waals surface area contributed by atoms with Gasteiger partial charge >= 0.3 is 5.69 Å². The number of nitrogens with one attached hydrogen (secondary N) is 1. The van der Waals surface area contributed by atoms with E-state index in [9.17, 15) is 15.2 Å². The molecule has 86 valence electrons. The van der Waals surface area contributed by atoms with Crippen LogP contribution in [0, 0.1) is 10.1 Å². The molecule has 1 aliphatic rings. The second-order valence-electron chi connectivity index (χ2n) is 4.08. The van der Waals surface area contributed by atoms with Crippen LogP contribution in [0.1, 0.15) is 18.4 Å². The summed E-state index contributed by atoms with van der Waals surface area (Å²) in [6, 6.07) is 4.98. The normalized spacial score (nSPS) is 19.9. The molecule has 0 saturated carbocycles. The molecule has 0 bridgehead atoms. The maximum Gasteiger partial charge on any atom is 0.310 e. The highest BCUT2D eigenvalue weighted by Crippen LogP contribution is 2.27. The summed E-state index contributed by atoms with van der Waals surface area (Å²) in [6.07, 6.45) is 3.10. The fraction of sp³-hybridized carbons (Fsp3) is 0.455. The van der Waals surface area contributed by atoms with Crippen LogP contribution in [0.5, 0.6) is 5.75 Å². The monoisotopic (exact) mass is 222 g/mol. The van der Waals surface area contributed by atoms with Crippen LogP contribution in [0.2, 0.25) is 0 Å². The van der Waals surface area contributed by atoms with Crippen LogP contribution in [-0.2, 0) is 6.42 Å². The standard InChI is InChI=1S/C11H14N2O3/c14-11-7-8(3-4-10(11)13(15)16)6-9-2-1-5-12-9/h3-4,7,9,12,14H,1-2,5-6H2. The predicted molar refractivity (Wildman–Crippen MR) is 59.5 cm³/mol. The van der Waals surface area contributed by atoms with Crippen molar-refractivity contribution in [3.63, 3.8) is 0 Å². The van der Waals surface area contributed by atoms with Crippen molar-refractivity contribution in [3.05, 3.63) is 33.9 Å². The lowest BCUT2D eigenvalue weighted by molar-refractivity contribution is -0.385. The van der Waals surface area contributed by atoms with E-state index in [2.05, 4.69) is 5.32 Å². The van der Waals surface area contributed by atoms with Gasteiger partial charge < -0.3 is 10.4 Å². The van der Waals surface area contributed by atoms with E-state index < -0.39 is 4.92 Å². The summed E-state index contributed by atoms with van der Waals surface area (Å²) < 4.78 is 0. The average Bonchev–Trinajstić information content (AvgIpc) is 2.70. The molecule has 5 nitrogen and oxygen atoms in total. The second-order valence-corrected chi connectivity index (χ2v) is 4.08. The molecule has 1 aromatic rings. The van der Waals surface area contributed by atoms with E-state index in [0.717, 1.165) is 24.9 Å². The molecule has 1 saturated heterocycles. The zero-order valence-electron chi connectivity index (χ0n) is 8.85. The SMILES string of the molecule is O=[N+]([O-])c1ccc(CC2CCCN2)cc1O. The predicted octanol–water partition coefficient (Wildman–Crippen LogP) is 1.59. The minimum absolute atomic E-state index is 0.233. The second kappa shape index (κ2) is 4.49. The van der Waals surface area contributed by atoms with Crippen LogP contribution in [0.15, 0.2) is 18.2 Å². The first kappa shape index (κ1) is 10.9. The number of rotatable bonds is 3. The van der Waals surface area contributed by atoms with Gasteiger partial charge in [-0.1, -0.05) is 6.07 Å². The van der Waals surface area contributed by atoms with Gasteiger partial charge in [0.2, 0.25) is 0 Å². The van der Waals surface area contributed by atoms with Crippen LogP contribution in [0.3, 0.4) is 0 Å². The van der Waals surface area contributed by atoms with Gasteiger partial charge in [-0.3, -0.25) is 10.1 Å². The third kappa shape index (κ3) is 2.30. The van der Waals surface area contributed by atoms with Crippen LogP contribution >= 0.6 is 0 Å². The van der Waals surface area contributed by atoms with Gasteiger partial charge in [0.15, 0.2) is 5.75 Å². The van der Waals surface area contributed by atoms with E-state index in [0.29, 0.717) is 6.04 Å². The van der Waals surface area contributed by atoms with Crippen molar-refractivity contribution in [2.45, 2.75) is 25.3 Å². The Kier molecular flexibility index (Phi) is 3.05. The molecule has 16 heavy (non-hydrogen) atoms. The molecule has 2 rings (SSSR count). The van der Waals surface area contributed by atoms with Gasteiger partial charge in [-0.25, -0.2) is 0 Å². The summed E-state index contributed by atoms with van der Waals surface area (Å²) in [5.41, 5.74) is 0.700. The third-order valence-corrected chi connectivity index (χ3v) is 2.88. The van der Waals surface area contributed by atoms with E-state index in [4.69, 9.17) is 0 Å². The molecule has 2 N–H and O–H groups in total. The first-order valence-corrected chi connectivity index (χ1v) is 5.36. The van der Waals surface area contributed by atoms with Crippen LogP contribution in [0.25, 0.3) is 0 Å². The molecule has 1 heterocycles. The van der Waals surface area contributed by atoms with E-state index in [-0.39, 0.29) is 11.4 Å². The van der Waals surface area contributed by atoms with Gasteiger partial charge in [0, 0.05) is 12.1 Å². The summed E-state index contributed by atoms with van der Waals surface area (Å²) >= 11 is 0. The summed E-state index contributed by atoms with van der Waals surface area (Å²) in [6.45, 7) is 1.03. The number of hydrogen-bond acceptors (Lipinski definition) is 4. The number of benzene rings is 1. The van der Waals surface area contributed by atoms with Crippen molar-refractivity contribution >= 4 is 5.69 Å². The Morgan fingerprint density at radius 3 is 2.94 bits per heavy atom. The Morgan fingerprint density at radius 2 is 2.38 bits per heavy atom. The molecular weight excluding hydrogens is 208 g/mol. The quantitative estimate of drug-likeness (QED) is 0.601. The van der Waals surface area contributed by atoms with E-state index >= 15 is 0 Å². The Bertz CT molecular complexity index is 400. The highest BCUT2D eigenvalue weighted by molar-refractivity contribution is 5.47. The lowest BCUT2D eigenvalue weighted by atomic mass is 10.0. The first-order valence-electron chi connectivity index (χ1n) is 5.36. The van der Waals surface area contributed by atoms with Gasteiger partial charge in [0.05, 0.1) is 4.92 Å². The van der Waals surface area contributed by atoms with Crippen molar-refractivity contribution in [1.29, 1.82) is 0 Å². The maximum absolute atomic E-state index is 10.5. The van der Waals surface area contributed by atoms with Gasteiger partial charge in [0.25, 0.3) is 0 Å². The average molecular weight is 222 g/mol. The zero-order valence-corrected chi connectivity index (χ0v) is 8.85. The highest BCUT2D eigenvalue weighted by Gasteiger charge is 2.17. The Balaban J connectivity index is 2.11. The van der Waals surface area contributed by atoms with Crippen molar-refractivity contribution in [1.82, 2.24) is 5.32 Å². The number of phenolic OH excluding ortho intramolecular Hbond substituents is 1. The molecule has 0 spiro atoms. The molecule has 0 radical (unpaired) electrons. The van der Waals surface area contributed by atoms with E-state index in [1.54, 1.807) is 6.07 Å². The summed E-state index contributed by atoms with van der Waals surface area (Å²) in [5.74, 6) is -0.250. The van der Waals surface area contributed by atoms with Crippen LogP contribution in [0.4, 0.5) is 5.69 Å². The summed E-state index contributed by atoms with van der Waals surface area (Å²) in [7, 11) is 0. The summed E-state index contributed by atoms with van der Waals surface area (Å²) in [5, 5.41) is 23.3. The van der Waals surface area contributed by atoms with Gasteiger partial charge in [-0.15, -0.1) is 0 Å².